The van der Waals surface area contributed by atoms with Gasteiger partial charge in [0.05, 0.1) is 28.8 Å². The molecule has 1 aliphatic heterocycles. The van der Waals surface area contributed by atoms with Gasteiger partial charge in [-0.1, -0.05) is 11.6 Å². The van der Waals surface area contributed by atoms with Crippen LogP contribution in [0.15, 0.2) is 12.1 Å². The number of esters is 1. The molecule has 1 amide bonds. The number of methoxy groups -OCH3 is 1. The van der Waals surface area contributed by atoms with Crippen LogP contribution in [0.1, 0.15) is 28.9 Å². The third-order valence-corrected chi connectivity index (χ3v) is 4.55. The Hall–Kier alpha value is -1.11. The number of thiophene rings is 1. The van der Waals surface area contributed by atoms with Crippen LogP contribution < -0.4 is 0 Å². The second-order valence-electron chi connectivity index (χ2n) is 4.82. The highest BCUT2D eigenvalue weighted by molar-refractivity contribution is 7.17. The molecule has 7 heteroatoms. The molecule has 2 rings (SSSR count). The normalized spacial score (nSPS) is 17.7. The first kappa shape index (κ1) is 16.3. The van der Waals surface area contributed by atoms with Crippen molar-refractivity contribution in [1.29, 1.82) is 0 Å². The molecular formula is C14H18ClNO4S. The lowest BCUT2D eigenvalue weighted by molar-refractivity contribution is -0.140. The van der Waals surface area contributed by atoms with Crippen LogP contribution in [-0.4, -0.2) is 49.7 Å². The van der Waals surface area contributed by atoms with Gasteiger partial charge in [0.2, 0.25) is 0 Å². The summed E-state index contributed by atoms with van der Waals surface area (Å²) in [5.74, 6) is -0.448. The average Bonchev–Trinajstić information content (AvgIpc) is 3.13. The largest absolute Gasteiger partial charge is 0.469 e. The maximum atomic E-state index is 12.5. The number of rotatable bonds is 6. The summed E-state index contributed by atoms with van der Waals surface area (Å²) >= 11 is 7.12. The Morgan fingerprint density at radius 2 is 2.33 bits per heavy atom. The standard InChI is InChI=1S/C14H18ClNO4S/c1-19-13(17)6-7-16(9-10-3-2-8-20-10)14(18)11-4-5-12(15)21-11/h4-5,10H,2-3,6-9H2,1H3. The summed E-state index contributed by atoms with van der Waals surface area (Å²) in [6.45, 7) is 1.54. The lowest BCUT2D eigenvalue weighted by Gasteiger charge is -2.24. The number of ether oxygens (including phenoxy) is 2. The SMILES string of the molecule is COC(=O)CCN(CC1CCCO1)C(=O)c1ccc(Cl)s1. The van der Waals surface area contributed by atoms with Gasteiger partial charge in [0, 0.05) is 19.7 Å². The molecule has 0 saturated carbocycles. The molecule has 1 aromatic heterocycles. The van der Waals surface area contributed by atoms with Crippen molar-refractivity contribution < 1.29 is 19.1 Å². The van der Waals surface area contributed by atoms with E-state index < -0.39 is 0 Å². The minimum absolute atomic E-state index is 0.0435. The monoisotopic (exact) mass is 331 g/mol. The fourth-order valence-electron chi connectivity index (χ4n) is 2.22. The van der Waals surface area contributed by atoms with Gasteiger partial charge in [-0.2, -0.15) is 0 Å². The fourth-order valence-corrected chi connectivity index (χ4v) is 3.23. The summed E-state index contributed by atoms with van der Waals surface area (Å²) < 4.78 is 10.8. The van der Waals surface area contributed by atoms with Crippen LogP contribution in [0.3, 0.4) is 0 Å². The van der Waals surface area contributed by atoms with Crippen molar-refractivity contribution in [3.05, 3.63) is 21.3 Å². The average molecular weight is 332 g/mol. The number of hydrogen-bond acceptors (Lipinski definition) is 5. The Bertz CT molecular complexity index is 499. The molecule has 1 unspecified atom stereocenters. The van der Waals surface area contributed by atoms with Crippen molar-refractivity contribution in [2.45, 2.75) is 25.4 Å². The van der Waals surface area contributed by atoms with Gasteiger partial charge in [-0.25, -0.2) is 0 Å². The summed E-state index contributed by atoms with van der Waals surface area (Å²) in [5.41, 5.74) is 0. The van der Waals surface area contributed by atoms with Gasteiger partial charge < -0.3 is 14.4 Å². The molecule has 0 aromatic carbocycles. The van der Waals surface area contributed by atoms with E-state index in [1.807, 2.05) is 0 Å². The minimum atomic E-state index is -0.329. The van der Waals surface area contributed by atoms with Crippen molar-refractivity contribution in [3.63, 3.8) is 0 Å². The highest BCUT2D eigenvalue weighted by Crippen LogP contribution is 2.23. The molecule has 5 nitrogen and oxygen atoms in total. The molecule has 0 radical (unpaired) electrons. The minimum Gasteiger partial charge on any atom is -0.469 e. The summed E-state index contributed by atoms with van der Waals surface area (Å²) in [4.78, 5) is 26.0. The Morgan fingerprint density at radius 3 is 2.90 bits per heavy atom. The van der Waals surface area contributed by atoms with Gasteiger partial charge in [-0.3, -0.25) is 9.59 Å². The van der Waals surface area contributed by atoms with E-state index in [0.29, 0.717) is 22.3 Å². The topological polar surface area (TPSA) is 55.8 Å². The van der Waals surface area contributed by atoms with Crippen LogP contribution in [0, 0.1) is 0 Å². The number of nitrogens with zero attached hydrogens (tertiary/aromatic N) is 1. The number of carbonyl (C=O) groups excluding carboxylic acids is 2. The summed E-state index contributed by atoms with van der Waals surface area (Å²) in [7, 11) is 1.34. The zero-order chi connectivity index (χ0) is 15.2. The molecule has 116 valence electrons. The molecule has 1 atom stereocenters. The van der Waals surface area contributed by atoms with E-state index >= 15 is 0 Å². The molecule has 0 aliphatic carbocycles. The Labute approximate surface area is 132 Å². The van der Waals surface area contributed by atoms with Gasteiger partial charge in [0.1, 0.15) is 0 Å². The third kappa shape index (κ3) is 4.69. The molecule has 1 aliphatic rings. The van der Waals surface area contributed by atoms with Crippen LogP contribution in [0.25, 0.3) is 0 Å². The van der Waals surface area contributed by atoms with E-state index in [4.69, 9.17) is 16.3 Å². The first-order valence-electron chi connectivity index (χ1n) is 6.83. The van der Waals surface area contributed by atoms with Gasteiger partial charge in [0.25, 0.3) is 5.91 Å². The summed E-state index contributed by atoms with van der Waals surface area (Å²) in [5, 5.41) is 0. The molecule has 1 aromatic rings. The van der Waals surface area contributed by atoms with E-state index in [-0.39, 0.29) is 24.4 Å². The Morgan fingerprint density at radius 1 is 1.52 bits per heavy atom. The maximum absolute atomic E-state index is 12.5. The molecular weight excluding hydrogens is 314 g/mol. The van der Waals surface area contributed by atoms with Crippen LogP contribution in [0.5, 0.6) is 0 Å². The van der Waals surface area contributed by atoms with Crippen LogP contribution >= 0.6 is 22.9 Å². The molecule has 0 spiro atoms. The van der Waals surface area contributed by atoms with E-state index in [1.165, 1.54) is 18.4 Å². The van der Waals surface area contributed by atoms with Crippen molar-refractivity contribution in [2.24, 2.45) is 0 Å². The Kier molecular flexibility index (Phi) is 6.02. The molecule has 0 bridgehead atoms. The van der Waals surface area contributed by atoms with Crippen LogP contribution in [0.4, 0.5) is 0 Å². The quantitative estimate of drug-likeness (QED) is 0.752. The maximum Gasteiger partial charge on any atom is 0.307 e. The second kappa shape index (κ2) is 7.77. The fraction of sp³-hybridized carbons (Fsp3) is 0.571. The summed E-state index contributed by atoms with van der Waals surface area (Å²) in [6.07, 6.45) is 2.16. The zero-order valence-electron chi connectivity index (χ0n) is 11.8. The number of carbonyl (C=O) groups is 2. The molecule has 1 saturated heterocycles. The molecule has 1 fully saturated rings. The second-order valence-corrected chi connectivity index (χ2v) is 6.53. The van der Waals surface area contributed by atoms with Crippen molar-refractivity contribution in [2.75, 3.05) is 26.8 Å². The van der Waals surface area contributed by atoms with Crippen molar-refractivity contribution in [1.82, 2.24) is 4.90 Å². The first-order chi connectivity index (χ1) is 10.1. The molecule has 0 N–H and O–H groups in total. The van der Waals surface area contributed by atoms with Gasteiger partial charge in [-0.15, -0.1) is 11.3 Å². The van der Waals surface area contributed by atoms with E-state index in [1.54, 1.807) is 17.0 Å². The number of amides is 1. The van der Waals surface area contributed by atoms with E-state index in [0.717, 1.165) is 19.4 Å². The smallest absolute Gasteiger partial charge is 0.307 e. The first-order valence-corrected chi connectivity index (χ1v) is 8.02. The lowest BCUT2D eigenvalue weighted by Crippen LogP contribution is -2.38. The number of halogens is 1. The van der Waals surface area contributed by atoms with Gasteiger partial charge in [0.15, 0.2) is 0 Å². The van der Waals surface area contributed by atoms with Crippen molar-refractivity contribution in [3.8, 4) is 0 Å². The molecule has 21 heavy (non-hydrogen) atoms. The lowest BCUT2D eigenvalue weighted by atomic mass is 10.2. The predicted octanol–water partition coefficient (Wildman–Crippen LogP) is 2.59. The highest BCUT2D eigenvalue weighted by atomic mass is 35.5. The van der Waals surface area contributed by atoms with Crippen molar-refractivity contribution >= 4 is 34.8 Å². The van der Waals surface area contributed by atoms with E-state index in [9.17, 15) is 9.59 Å². The molecule has 2 heterocycles. The predicted molar refractivity (Wildman–Crippen MR) is 80.8 cm³/mol. The van der Waals surface area contributed by atoms with Gasteiger partial charge in [-0.05, 0) is 25.0 Å². The third-order valence-electron chi connectivity index (χ3n) is 3.33. The zero-order valence-corrected chi connectivity index (χ0v) is 13.4. The highest BCUT2D eigenvalue weighted by Gasteiger charge is 2.24. The van der Waals surface area contributed by atoms with Crippen LogP contribution in [0.2, 0.25) is 4.34 Å². The van der Waals surface area contributed by atoms with E-state index in [2.05, 4.69) is 4.74 Å². The van der Waals surface area contributed by atoms with Gasteiger partial charge >= 0.3 is 5.97 Å². The Balaban J connectivity index is 2.02. The van der Waals surface area contributed by atoms with Crippen LogP contribution in [-0.2, 0) is 14.3 Å². The number of hydrogen-bond donors (Lipinski definition) is 0. The summed E-state index contributed by atoms with van der Waals surface area (Å²) in [6, 6.07) is 3.40.